The first-order valence-electron chi connectivity index (χ1n) is 7.57. The zero-order chi connectivity index (χ0) is 15.5. The van der Waals surface area contributed by atoms with Crippen molar-refractivity contribution in [2.45, 2.75) is 12.1 Å². The Morgan fingerprint density at radius 1 is 1.00 bits per heavy atom. The van der Waals surface area contributed by atoms with Gasteiger partial charge in [0.1, 0.15) is 6.26 Å². The van der Waals surface area contributed by atoms with Gasteiger partial charge in [-0.1, -0.05) is 60.7 Å². The summed E-state index contributed by atoms with van der Waals surface area (Å²) in [5.74, 6) is 0. The summed E-state index contributed by atoms with van der Waals surface area (Å²) < 4.78 is 13.6. The predicted molar refractivity (Wildman–Crippen MR) is 91.9 cm³/mol. The van der Waals surface area contributed by atoms with E-state index in [1.807, 2.05) is 11.4 Å². The molecule has 3 nitrogen and oxygen atoms in total. The fourth-order valence-corrected chi connectivity index (χ4v) is 3.58. The lowest BCUT2D eigenvalue weighted by Gasteiger charge is -2.46. The molecule has 22 heavy (non-hydrogen) atoms. The van der Waals surface area contributed by atoms with Gasteiger partial charge in [-0.3, -0.25) is 4.90 Å². The third-order valence-corrected chi connectivity index (χ3v) is 5.52. The average molecular weight is 314 g/mol. The second-order valence-electron chi connectivity index (χ2n) is 5.80. The van der Waals surface area contributed by atoms with Crippen molar-refractivity contribution in [3.05, 3.63) is 71.8 Å². The highest BCUT2D eigenvalue weighted by atomic mass is 32.2. The van der Waals surface area contributed by atoms with E-state index in [0.717, 1.165) is 13.1 Å². The maximum absolute atomic E-state index is 11.6. The van der Waals surface area contributed by atoms with Crippen LogP contribution in [0.2, 0.25) is 0 Å². The molecule has 2 aromatic rings. The van der Waals surface area contributed by atoms with Crippen LogP contribution in [-0.2, 0) is 11.4 Å². The molecule has 1 unspecified atom stereocenters. The van der Waals surface area contributed by atoms with E-state index < -0.39 is 11.4 Å². The van der Waals surface area contributed by atoms with Crippen LogP contribution in [-0.4, -0.2) is 46.2 Å². The monoisotopic (exact) mass is 314 g/mol. The van der Waals surface area contributed by atoms with Crippen molar-refractivity contribution in [2.24, 2.45) is 0 Å². The van der Waals surface area contributed by atoms with E-state index in [1.165, 1.54) is 11.1 Å². The van der Waals surface area contributed by atoms with Crippen LogP contribution in [0.25, 0.3) is 0 Å². The van der Waals surface area contributed by atoms with Crippen LogP contribution in [0.15, 0.2) is 60.7 Å². The summed E-state index contributed by atoms with van der Waals surface area (Å²) in [7, 11) is 1.94. The summed E-state index contributed by atoms with van der Waals surface area (Å²) >= 11 is -0.900. The summed E-state index contributed by atoms with van der Waals surface area (Å²) in [6.07, 6.45) is 1.74. The van der Waals surface area contributed by atoms with Gasteiger partial charge in [-0.15, -0.1) is 4.31 Å². The summed E-state index contributed by atoms with van der Waals surface area (Å²) in [6, 6.07) is 21.9. The van der Waals surface area contributed by atoms with Crippen LogP contribution in [0.3, 0.4) is 0 Å². The Balaban J connectivity index is 1.80. The molecule has 1 aliphatic rings. The van der Waals surface area contributed by atoms with Crippen LogP contribution < -0.4 is 0 Å². The molecule has 3 rings (SSSR count). The zero-order valence-corrected chi connectivity index (χ0v) is 13.9. The Morgan fingerprint density at radius 2 is 1.45 bits per heavy atom. The van der Waals surface area contributed by atoms with Gasteiger partial charge in [-0.2, -0.15) is 0 Å². The van der Waals surface area contributed by atoms with E-state index in [2.05, 4.69) is 65.6 Å². The van der Waals surface area contributed by atoms with Gasteiger partial charge in [-0.25, -0.2) is 0 Å². The van der Waals surface area contributed by atoms with E-state index in [4.69, 9.17) is 0 Å². The third kappa shape index (κ3) is 3.20. The highest BCUT2D eigenvalue weighted by Crippen LogP contribution is 2.33. The molecule has 1 fully saturated rings. The lowest BCUT2D eigenvalue weighted by Crippen LogP contribution is -2.60. The number of likely N-dealkylation sites (tertiary alicyclic amines) is 1. The zero-order valence-electron chi connectivity index (χ0n) is 13.1. The first-order chi connectivity index (χ1) is 10.7. The Labute approximate surface area is 135 Å². The Kier molecular flexibility index (Phi) is 4.84. The van der Waals surface area contributed by atoms with Crippen molar-refractivity contribution >= 4 is 11.4 Å². The highest BCUT2D eigenvalue weighted by molar-refractivity contribution is 7.88. The van der Waals surface area contributed by atoms with E-state index in [-0.39, 0.29) is 6.04 Å². The van der Waals surface area contributed by atoms with Crippen molar-refractivity contribution in [1.29, 1.82) is 0 Å². The molecule has 1 heterocycles. The molecule has 0 radical (unpaired) electrons. The highest BCUT2D eigenvalue weighted by Gasteiger charge is 2.38. The molecule has 0 bridgehead atoms. The molecule has 0 aliphatic carbocycles. The number of hydrogen-bond acceptors (Lipinski definition) is 3. The second kappa shape index (κ2) is 6.84. The van der Waals surface area contributed by atoms with Gasteiger partial charge < -0.3 is 4.55 Å². The van der Waals surface area contributed by atoms with Crippen LogP contribution >= 0.6 is 0 Å². The van der Waals surface area contributed by atoms with E-state index >= 15 is 0 Å². The van der Waals surface area contributed by atoms with Gasteiger partial charge in [0, 0.05) is 31.5 Å². The molecule has 1 saturated heterocycles. The van der Waals surface area contributed by atoms with E-state index in [9.17, 15) is 4.55 Å². The van der Waals surface area contributed by atoms with Crippen molar-refractivity contribution < 1.29 is 4.55 Å². The number of benzene rings is 2. The maximum atomic E-state index is 11.6. The van der Waals surface area contributed by atoms with Gasteiger partial charge in [0.2, 0.25) is 0 Å². The van der Waals surface area contributed by atoms with Crippen LogP contribution in [0.1, 0.15) is 17.2 Å². The van der Waals surface area contributed by atoms with Crippen molar-refractivity contribution in [3.8, 4) is 0 Å². The summed E-state index contributed by atoms with van der Waals surface area (Å²) in [4.78, 5) is 2.46. The largest absolute Gasteiger partial charge is 0.598 e. The summed E-state index contributed by atoms with van der Waals surface area (Å²) in [5.41, 5.74) is 2.62. The van der Waals surface area contributed by atoms with Crippen molar-refractivity contribution in [1.82, 2.24) is 9.21 Å². The molecule has 116 valence electrons. The van der Waals surface area contributed by atoms with Crippen LogP contribution in [0.4, 0.5) is 0 Å². The minimum absolute atomic E-state index is 0.275. The first-order valence-corrected chi connectivity index (χ1v) is 9.08. The number of hydrogen-bond donors (Lipinski definition) is 0. The number of likely N-dealkylation sites (N-methyl/N-ethyl adjacent to an activating group) is 1. The fraction of sp³-hybridized carbons (Fsp3) is 0.333. The van der Waals surface area contributed by atoms with Crippen molar-refractivity contribution in [2.75, 3.05) is 26.4 Å². The van der Waals surface area contributed by atoms with Crippen molar-refractivity contribution in [3.63, 3.8) is 0 Å². The van der Waals surface area contributed by atoms with Crippen LogP contribution in [0.5, 0.6) is 0 Å². The number of rotatable bonds is 5. The SMILES string of the molecule is CN(C1CN(C(c2ccccc2)c2ccccc2)C1)[S+](C)[O-]. The smallest absolute Gasteiger partial charge is 0.115 e. The van der Waals surface area contributed by atoms with Gasteiger partial charge in [0.05, 0.1) is 12.1 Å². The Bertz CT molecular complexity index is 545. The maximum Gasteiger partial charge on any atom is 0.115 e. The molecule has 0 spiro atoms. The second-order valence-corrected chi connectivity index (χ2v) is 7.23. The summed E-state index contributed by atoms with van der Waals surface area (Å²) in [6.45, 7) is 1.90. The minimum atomic E-state index is -0.900. The average Bonchev–Trinajstić information content (AvgIpc) is 2.51. The molecule has 0 saturated carbocycles. The van der Waals surface area contributed by atoms with Gasteiger partial charge in [0.15, 0.2) is 0 Å². The quantitative estimate of drug-likeness (QED) is 0.795. The van der Waals surface area contributed by atoms with Gasteiger partial charge in [0.25, 0.3) is 0 Å². The molecule has 0 aromatic heterocycles. The Hall–Kier alpha value is -1.33. The third-order valence-electron chi connectivity index (χ3n) is 4.41. The number of nitrogens with zero attached hydrogens (tertiary/aromatic N) is 2. The molecular formula is C18H22N2OS. The molecular weight excluding hydrogens is 292 g/mol. The van der Waals surface area contributed by atoms with E-state index in [0.29, 0.717) is 6.04 Å². The fourth-order valence-electron chi connectivity index (χ4n) is 3.02. The normalized spacial score (nSPS) is 17.7. The Morgan fingerprint density at radius 3 is 1.86 bits per heavy atom. The molecule has 0 N–H and O–H groups in total. The molecule has 4 heteroatoms. The van der Waals surface area contributed by atoms with Gasteiger partial charge >= 0.3 is 0 Å². The first kappa shape index (κ1) is 15.6. The topological polar surface area (TPSA) is 29.5 Å². The predicted octanol–water partition coefficient (Wildman–Crippen LogP) is 2.69. The standard InChI is InChI=1S/C18H22N2OS/c1-19(22(2)21)17-13-20(14-17)18(15-9-5-3-6-10-15)16-11-7-4-8-12-16/h3-12,17-18H,13-14H2,1-2H3. The molecule has 1 atom stereocenters. The van der Waals surface area contributed by atoms with E-state index in [1.54, 1.807) is 6.26 Å². The molecule has 0 amide bonds. The lowest BCUT2D eigenvalue weighted by atomic mass is 9.93. The minimum Gasteiger partial charge on any atom is -0.598 e. The van der Waals surface area contributed by atoms with Gasteiger partial charge in [-0.05, 0) is 11.1 Å². The summed E-state index contributed by atoms with van der Waals surface area (Å²) in [5, 5.41) is 0. The lowest BCUT2D eigenvalue weighted by molar-refractivity contribution is 0.0623. The molecule has 1 aliphatic heterocycles. The van der Waals surface area contributed by atoms with Crippen LogP contribution in [0, 0.1) is 0 Å². The molecule has 2 aromatic carbocycles.